The minimum atomic E-state index is -0.989. The van der Waals surface area contributed by atoms with E-state index in [4.69, 9.17) is 4.74 Å². The first kappa shape index (κ1) is 31.6. The molecule has 1 saturated heterocycles. The maximum absolute atomic E-state index is 14.4. The fraction of sp³-hybridized carbons (Fsp3) is 0.571. The Balaban J connectivity index is 1.79. The molecule has 1 heterocycles. The van der Waals surface area contributed by atoms with Gasteiger partial charge in [0.05, 0.1) is 19.2 Å². The van der Waals surface area contributed by atoms with Crippen LogP contribution in [0.25, 0.3) is 0 Å². The zero-order valence-electron chi connectivity index (χ0n) is 26.2. The van der Waals surface area contributed by atoms with Gasteiger partial charge in [-0.3, -0.25) is 4.79 Å². The Kier molecular flexibility index (Phi) is 9.37. The number of ether oxygens (including phenoxy) is 1. The van der Waals surface area contributed by atoms with Crippen molar-refractivity contribution in [3.05, 3.63) is 65.2 Å². The summed E-state index contributed by atoms with van der Waals surface area (Å²) in [5.74, 6) is -1.01. The highest BCUT2D eigenvalue weighted by molar-refractivity contribution is 5.87. The quantitative estimate of drug-likeness (QED) is 0.393. The molecule has 7 nitrogen and oxygen atoms in total. The lowest BCUT2D eigenvalue weighted by molar-refractivity contribution is -0.154. The van der Waals surface area contributed by atoms with Gasteiger partial charge in [0.15, 0.2) is 0 Å². The molecule has 2 aromatic carbocycles. The number of hydrogen-bond donors (Lipinski definition) is 2. The number of nitrogens with one attached hydrogen (secondary N) is 1. The molecule has 2 aliphatic rings. The molecule has 1 aliphatic carbocycles. The smallest absolute Gasteiger partial charge is 0.326 e. The second-order valence-corrected chi connectivity index (χ2v) is 14.1. The van der Waals surface area contributed by atoms with Crippen LogP contribution >= 0.6 is 0 Å². The van der Waals surface area contributed by atoms with Crippen molar-refractivity contribution in [3.8, 4) is 11.8 Å². The van der Waals surface area contributed by atoms with Gasteiger partial charge in [0.2, 0.25) is 5.91 Å². The number of methoxy groups -OCH3 is 1. The third-order valence-electron chi connectivity index (χ3n) is 9.25. The molecule has 1 amide bonds. The van der Waals surface area contributed by atoms with Crippen molar-refractivity contribution in [3.63, 3.8) is 0 Å². The highest BCUT2D eigenvalue weighted by Crippen LogP contribution is 2.49. The molecule has 226 valence electrons. The van der Waals surface area contributed by atoms with Crippen LogP contribution < -0.4 is 10.1 Å². The average Bonchev–Trinajstić information content (AvgIpc) is 3.31. The molecule has 0 unspecified atom stereocenters. The van der Waals surface area contributed by atoms with E-state index in [-0.39, 0.29) is 35.1 Å². The van der Waals surface area contributed by atoms with Crippen LogP contribution in [0.4, 0.5) is 0 Å². The zero-order chi connectivity index (χ0) is 30.8. The summed E-state index contributed by atoms with van der Waals surface area (Å²) in [5, 5.41) is 23.9. The number of likely N-dealkylation sites (tertiary alicyclic amines) is 1. The van der Waals surface area contributed by atoms with E-state index < -0.39 is 23.5 Å². The summed E-state index contributed by atoms with van der Waals surface area (Å²) in [7, 11) is 1.66. The SMILES string of the molecule is COc1ccc(C(C)(C)C)cc1CN[C@H]1[C@H](C(C)(C)C)[C@@H](C(=O)O)N(C(=O)C2CCC(C#N)CC2)[C@H]1c1ccccc1. The highest BCUT2D eigenvalue weighted by Gasteiger charge is 2.58. The van der Waals surface area contributed by atoms with E-state index in [2.05, 4.69) is 65.1 Å². The van der Waals surface area contributed by atoms with Crippen molar-refractivity contribution < 1.29 is 19.4 Å². The number of nitriles is 1. The monoisotopic (exact) mass is 573 g/mol. The number of hydrogen-bond acceptors (Lipinski definition) is 5. The summed E-state index contributed by atoms with van der Waals surface area (Å²) in [6.07, 6.45) is 2.55. The van der Waals surface area contributed by atoms with Crippen molar-refractivity contribution in [1.82, 2.24) is 10.2 Å². The van der Waals surface area contributed by atoms with Crippen LogP contribution in [0.3, 0.4) is 0 Å². The molecule has 4 rings (SSSR count). The summed E-state index contributed by atoms with van der Waals surface area (Å²) in [5.41, 5.74) is 2.64. The predicted molar refractivity (Wildman–Crippen MR) is 164 cm³/mol. The van der Waals surface area contributed by atoms with Crippen LogP contribution in [-0.4, -0.2) is 41.1 Å². The molecule has 0 aromatic heterocycles. The fourth-order valence-electron chi connectivity index (χ4n) is 7.02. The third kappa shape index (κ3) is 6.49. The van der Waals surface area contributed by atoms with Gasteiger partial charge in [-0.15, -0.1) is 0 Å². The number of amides is 1. The normalized spacial score (nSPS) is 26.5. The predicted octanol–water partition coefficient (Wildman–Crippen LogP) is 6.48. The van der Waals surface area contributed by atoms with E-state index in [1.54, 1.807) is 12.0 Å². The number of carboxylic acids is 1. The van der Waals surface area contributed by atoms with Gasteiger partial charge >= 0.3 is 5.97 Å². The van der Waals surface area contributed by atoms with Crippen LogP contribution in [0.5, 0.6) is 5.75 Å². The van der Waals surface area contributed by atoms with Crippen molar-refractivity contribution in [2.24, 2.45) is 23.2 Å². The molecule has 2 aromatic rings. The van der Waals surface area contributed by atoms with Crippen LogP contribution in [-0.2, 0) is 21.5 Å². The average molecular weight is 574 g/mol. The van der Waals surface area contributed by atoms with Crippen molar-refractivity contribution in [1.29, 1.82) is 5.26 Å². The molecule has 1 aliphatic heterocycles. The van der Waals surface area contributed by atoms with Gasteiger partial charge in [0, 0.05) is 35.9 Å². The van der Waals surface area contributed by atoms with Gasteiger partial charge in [0.25, 0.3) is 0 Å². The molecule has 42 heavy (non-hydrogen) atoms. The maximum atomic E-state index is 14.4. The second kappa shape index (κ2) is 12.5. The van der Waals surface area contributed by atoms with E-state index in [0.29, 0.717) is 32.2 Å². The van der Waals surface area contributed by atoms with Crippen molar-refractivity contribution in [2.45, 2.75) is 97.3 Å². The molecule has 0 radical (unpaired) electrons. The first-order chi connectivity index (χ1) is 19.8. The summed E-state index contributed by atoms with van der Waals surface area (Å²) in [6, 6.07) is 16.6. The topological polar surface area (TPSA) is 103 Å². The minimum Gasteiger partial charge on any atom is -0.496 e. The third-order valence-corrected chi connectivity index (χ3v) is 9.25. The molecular weight excluding hydrogens is 526 g/mol. The lowest BCUT2D eigenvalue weighted by Crippen LogP contribution is -2.49. The zero-order valence-corrected chi connectivity index (χ0v) is 26.2. The largest absolute Gasteiger partial charge is 0.496 e. The number of benzene rings is 2. The molecule has 0 bridgehead atoms. The van der Waals surface area contributed by atoms with Gasteiger partial charge in [-0.25, -0.2) is 4.79 Å². The lowest BCUT2D eigenvalue weighted by atomic mass is 9.72. The van der Waals surface area contributed by atoms with Crippen LogP contribution in [0.1, 0.15) is 90.0 Å². The Morgan fingerprint density at radius 2 is 1.67 bits per heavy atom. The molecule has 7 heteroatoms. The van der Waals surface area contributed by atoms with Gasteiger partial charge in [-0.05, 0) is 53.7 Å². The van der Waals surface area contributed by atoms with Gasteiger partial charge in [-0.2, -0.15) is 5.26 Å². The van der Waals surface area contributed by atoms with Crippen molar-refractivity contribution >= 4 is 11.9 Å². The minimum absolute atomic E-state index is 0.0385. The summed E-state index contributed by atoms with van der Waals surface area (Å²) in [4.78, 5) is 29.2. The summed E-state index contributed by atoms with van der Waals surface area (Å²) < 4.78 is 5.73. The molecule has 4 atom stereocenters. The Hall–Kier alpha value is -3.37. The lowest BCUT2D eigenvalue weighted by Gasteiger charge is -2.36. The Bertz CT molecular complexity index is 1300. The van der Waals surface area contributed by atoms with Crippen LogP contribution in [0.2, 0.25) is 0 Å². The van der Waals surface area contributed by atoms with Crippen LogP contribution in [0.15, 0.2) is 48.5 Å². The molecular formula is C35H47N3O4. The number of aliphatic carboxylic acids is 1. The van der Waals surface area contributed by atoms with Crippen LogP contribution in [0, 0.1) is 34.5 Å². The van der Waals surface area contributed by atoms with E-state index in [9.17, 15) is 20.0 Å². The van der Waals surface area contributed by atoms with Gasteiger partial charge in [0.1, 0.15) is 11.8 Å². The Morgan fingerprint density at radius 1 is 1.02 bits per heavy atom. The number of rotatable bonds is 7. The van der Waals surface area contributed by atoms with E-state index >= 15 is 0 Å². The Labute approximate surface area is 251 Å². The van der Waals surface area contributed by atoms with Gasteiger partial charge < -0.3 is 20.1 Å². The number of carbonyl (C=O) groups is 2. The first-order valence-electron chi connectivity index (χ1n) is 15.2. The fourth-order valence-corrected chi connectivity index (χ4v) is 7.02. The van der Waals surface area contributed by atoms with E-state index in [0.717, 1.165) is 16.9 Å². The first-order valence-corrected chi connectivity index (χ1v) is 15.2. The number of carboxylic acid groups (broad SMARTS) is 1. The molecule has 0 spiro atoms. The van der Waals surface area contributed by atoms with E-state index in [1.165, 1.54) is 5.56 Å². The van der Waals surface area contributed by atoms with Crippen molar-refractivity contribution in [2.75, 3.05) is 7.11 Å². The summed E-state index contributed by atoms with van der Waals surface area (Å²) in [6.45, 7) is 13.2. The molecule has 1 saturated carbocycles. The molecule has 2 fully saturated rings. The van der Waals surface area contributed by atoms with Gasteiger partial charge in [-0.1, -0.05) is 84.0 Å². The standard InChI is InChI=1S/C35H47N3O4/c1-34(2,3)26-17-18-27(42-7)25(19-26)21-37-29-28(35(4,5)6)31(33(40)41)38(30(29)23-11-9-8-10-12-23)32(39)24-15-13-22(20-36)14-16-24/h8-12,17-19,22,24,28-31,37H,13-16,21H2,1-7H3,(H,40,41)/t22?,24?,28-,29-,30-,31-/m0/s1. The molecule has 2 N–H and O–H groups in total. The Morgan fingerprint density at radius 3 is 2.19 bits per heavy atom. The number of carbonyl (C=O) groups excluding carboxylic acids is 1. The number of nitrogens with zero attached hydrogens (tertiary/aromatic N) is 2. The van der Waals surface area contributed by atoms with E-state index in [1.807, 2.05) is 36.4 Å². The highest BCUT2D eigenvalue weighted by atomic mass is 16.5. The summed E-state index contributed by atoms with van der Waals surface area (Å²) >= 11 is 0. The second-order valence-electron chi connectivity index (χ2n) is 14.1. The maximum Gasteiger partial charge on any atom is 0.326 e.